The molecule has 0 bridgehead atoms. The first kappa shape index (κ1) is 19.3. The lowest BCUT2D eigenvalue weighted by Crippen LogP contribution is -2.59. The summed E-state index contributed by atoms with van der Waals surface area (Å²) in [6.45, 7) is 5.66. The summed E-state index contributed by atoms with van der Waals surface area (Å²) in [6.07, 6.45) is 2.39. The molecule has 2 N–H and O–H groups in total. The largest absolute Gasteiger partial charge is 0.393 e. The fourth-order valence-electron chi connectivity index (χ4n) is 7.84. The van der Waals surface area contributed by atoms with Crippen LogP contribution in [0.4, 0.5) is 4.39 Å². The van der Waals surface area contributed by atoms with Gasteiger partial charge in [-0.15, -0.1) is 0 Å². The summed E-state index contributed by atoms with van der Waals surface area (Å²) in [5, 5.41) is 20.7. The number of hydrogen-bond donors (Lipinski definition) is 2. The van der Waals surface area contributed by atoms with Crippen molar-refractivity contribution in [3.05, 3.63) is 11.6 Å². The number of carbonyl (C=O) groups is 2. The van der Waals surface area contributed by atoms with E-state index in [0.29, 0.717) is 31.3 Å². The molecule has 0 aliphatic heterocycles. The number of halogens is 1. The second-order valence-corrected chi connectivity index (χ2v) is 10.1. The van der Waals surface area contributed by atoms with Crippen molar-refractivity contribution in [2.75, 3.05) is 6.61 Å². The Labute approximate surface area is 160 Å². The maximum atomic E-state index is 15.2. The first-order valence-corrected chi connectivity index (χ1v) is 10.3. The summed E-state index contributed by atoms with van der Waals surface area (Å²) in [7, 11) is 0. The topological polar surface area (TPSA) is 74.6 Å². The van der Waals surface area contributed by atoms with E-state index < -0.39 is 29.7 Å². The summed E-state index contributed by atoms with van der Waals surface area (Å²) in [4.78, 5) is 24.4. The molecule has 150 valence electrons. The Kier molecular flexibility index (Phi) is 4.43. The highest BCUT2D eigenvalue weighted by molar-refractivity contribution is 5.92. The number of rotatable bonds is 2. The minimum absolute atomic E-state index is 0.00282. The molecule has 3 saturated carbocycles. The normalized spacial score (nSPS) is 51.9. The van der Waals surface area contributed by atoms with Gasteiger partial charge in [0.1, 0.15) is 12.8 Å². The van der Waals surface area contributed by atoms with Crippen LogP contribution >= 0.6 is 0 Å². The minimum atomic E-state index is -1.15. The molecule has 3 fully saturated rings. The van der Waals surface area contributed by atoms with Crippen LogP contribution < -0.4 is 0 Å². The third-order valence-electron chi connectivity index (χ3n) is 8.72. The standard InChI is InChI=1S/C22H31FO4/c1-11-6-14-13-8-16(23)15-7-12(25)4-5-21(15,2)20(13)17(26)9-22(14,3)19(11)18(27)10-24/h7,11,13-14,16-17,19-20,24,26H,4-6,8-10H2,1-3H3/t11?,13-,14-,16?,17?,19+,20+,21-,22-/m0/s1. The molecule has 3 unspecified atom stereocenters. The van der Waals surface area contributed by atoms with Crippen LogP contribution in [0.3, 0.4) is 0 Å². The van der Waals surface area contributed by atoms with Crippen molar-refractivity contribution in [1.29, 1.82) is 0 Å². The predicted molar refractivity (Wildman–Crippen MR) is 98.5 cm³/mol. The quantitative estimate of drug-likeness (QED) is 0.775. The van der Waals surface area contributed by atoms with Crippen molar-refractivity contribution >= 4 is 11.6 Å². The van der Waals surface area contributed by atoms with Crippen LogP contribution in [0.1, 0.15) is 52.9 Å². The number of allylic oxidation sites excluding steroid dienone is 1. The Morgan fingerprint density at radius 2 is 2.04 bits per heavy atom. The Balaban J connectivity index is 1.76. The number of ketones is 2. The number of fused-ring (bicyclic) bond motifs is 5. The van der Waals surface area contributed by atoms with Gasteiger partial charge in [-0.3, -0.25) is 9.59 Å². The van der Waals surface area contributed by atoms with E-state index in [1.54, 1.807) is 0 Å². The summed E-state index contributed by atoms with van der Waals surface area (Å²) >= 11 is 0. The number of hydrogen-bond acceptors (Lipinski definition) is 4. The average molecular weight is 378 g/mol. The fourth-order valence-corrected chi connectivity index (χ4v) is 7.84. The van der Waals surface area contributed by atoms with Crippen molar-refractivity contribution < 1.29 is 24.2 Å². The van der Waals surface area contributed by atoms with E-state index in [1.165, 1.54) is 6.08 Å². The van der Waals surface area contributed by atoms with Crippen LogP contribution in [-0.2, 0) is 9.59 Å². The lowest BCUT2D eigenvalue weighted by atomic mass is 9.45. The van der Waals surface area contributed by atoms with Crippen molar-refractivity contribution in [3.63, 3.8) is 0 Å². The van der Waals surface area contributed by atoms with Crippen LogP contribution in [-0.4, -0.2) is 40.7 Å². The van der Waals surface area contributed by atoms with E-state index in [1.807, 2.05) is 13.8 Å². The average Bonchev–Trinajstić information content (AvgIpc) is 2.85. The van der Waals surface area contributed by atoms with Gasteiger partial charge in [0.05, 0.1) is 6.10 Å². The summed E-state index contributed by atoms with van der Waals surface area (Å²) < 4.78 is 15.2. The Bertz CT molecular complexity index is 702. The molecule has 4 rings (SSSR count). The molecule has 9 atom stereocenters. The van der Waals surface area contributed by atoms with E-state index in [0.717, 1.165) is 6.42 Å². The zero-order valence-electron chi connectivity index (χ0n) is 16.5. The molecule has 0 aromatic rings. The lowest BCUT2D eigenvalue weighted by Gasteiger charge is -2.60. The van der Waals surface area contributed by atoms with Gasteiger partial charge in [-0.2, -0.15) is 0 Å². The second-order valence-electron chi connectivity index (χ2n) is 10.1. The maximum Gasteiger partial charge on any atom is 0.162 e. The number of Topliss-reactive ketones (excluding diaryl/α,β-unsaturated/α-hetero) is 1. The molecule has 4 aliphatic rings. The molecule has 4 nitrogen and oxygen atoms in total. The van der Waals surface area contributed by atoms with Gasteiger partial charge in [-0.1, -0.05) is 20.8 Å². The summed E-state index contributed by atoms with van der Waals surface area (Å²) in [5.74, 6) is -0.224. The van der Waals surface area contributed by atoms with E-state index in [2.05, 4.69) is 6.92 Å². The minimum Gasteiger partial charge on any atom is -0.393 e. The fraction of sp³-hybridized carbons (Fsp3) is 0.818. The zero-order valence-corrected chi connectivity index (χ0v) is 16.5. The second kappa shape index (κ2) is 6.21. The smallest absolute Gasteiger partial charge is 0.162 e. The molecule has 0 aromatic heterocycles. The van der Waals surface area contributed by atoms with Crippen molar-refractivity contribution in [3.8, 4) is 0 Å². The molecule has 5 heteroatoms. The van der Waals surface area contributed by atoms with Crippen molar-refractivity contribution in [1.82, 2.24) is 0 Å². The highest BCUT2D eigenvalue weighted by Gasteiger charge is 2.65. The molecule has 0 radical (unpaired) electrons. The molecular weight excluding hydrogens is 347 g/mol. The van der Waals surface area contributed by atoms with Crippen molar-refractivity contribution in [2.24, 2.45) is 40.4 Å². The van der Waals surface area contributed by atoms with Gasteiger partial charge < -0.3 is 10.2 Å². The Hall–Kier alpha value is -1.07. The lowest BCUT2D eigenvalue weighted by molar-refractivity contribution is -0.151. The monoisotopic (exact) mass is 378 g/mol. The van der Waals surface area contributed by atoms with Gasteiger partial charge in [-0.25, -0.2) is 4.39 Å². The highest BCUT2D eigenvalue weighted by Crippen LogP contribution is 2.67. The number of aliphatic hydroxyl groups excluding tert-OH is 2. The Morgan fingerprint density at radius 3 is 2.70 bits per heavy atom. The zero-order chi connectivity index (χ0) is 19.7. The van der Waals surface area contributed by atoms with Gasteiger partial charge in [0.25, 0.3) is 0 Å². The van der Waals surface area contributed by atoms with Gasteiger partial charge in [0, 0.05) is 12.3 Å². The molecule has 0 aromatic carbocycles. The van der Waals surface area contributed by atoms with Crippen LogP contribution in [0, 0.1) is 40.4 Å². The van der Waals surface area contributed by atoms with Gasteiger partial charge >= 0.3 is 0 Å². The van der Waals surface area contributed by atoms with Crippen LogP contribution in [0.2, 0.25) is 0 Å². The molecule has 4 aliphatic carbocycles. The first-order valence-electron chi connectivity index (χ1n) is 10.3. The third kappa shape index (κ3) is 2.53. The van der Waals surface area contributed by atoms with Gasteiger partial charge in [-0.05, 0) is 71.8 Å². The van der Waals surface area contributed by atoms with Crippen molar-refractivity contribution in [2.45, 2.75) is 65.2 Å². The van der Waals surface area contributed by atoms with Gasteiger partial charge in [0.15, 0.2) is 11.6 Å². The number of alkyl halides is 1. The van der Waals surface area contributed by atoms with E-state index in [9.17, 15) is 19.8 Å². The molecule has 0 heterocycles. The SMILES string of the molecule is CC1C[C@H]2[C@@H]3CC(F)C4=CC(=O)CC[C@]4(C)[C@H]3C(O)C[C@]2(C)[C@H]1C(=O)CO. The van der Waals surface area contributed by atoms with E-state index >= 15 is 4.39 Å². The maximum absolute atomic E-state index is 15.2. The predicted octanol–water partition coefficient (Wildman–Crippen LogP) is 2.86. The van der Waals surface area contributed by atoms with E-state index in [-0.39, 0.29) is 41.2 Å². The van der Waals surface area contributed by atoms with Gasteiger partial charge in [0.2, 0.25) is 0 Å². The third-order valence-corrected chi connectivity index (χ3v) is 8.72. The molecular formula is C22H31FO4. The molecule has 27 heavy (non-hydrogen) atoms. The molecule has 0 spiro atoms. The Morgan fingerprint density at radius 1 is 1.33 bits per heavy atom. The van der Waals surface area contributed by atoms with Crippen LogP contribution in [0.25, 0.3) is 0 Å². The first-order chi connectivity index (χ1) is 12.6. The van der Waals surface area contributed by atoms with Crippen LogP contribution in [0.5, 0.6) is 0 Å². The van der Waals surface area contributed by atoms with E-state index in [4.69, 9.17) is 0 Å². The number of aliphatic hydroxyl groups is 2. The molecule has 0 saturated heterocycles. The molecule has 0 amide bonds. The van der Waals surface area contributed by atoms with Crippen LogP contribution in [0.15, 0.2) is 11.6 Å². The summed E-state index contributed by atoms with van der Waals surface area (Å²) in [6, 6.07) is 0. The summed E-state index contributed by atoms with van der Waals surface area (Å²) in [5.41, 5.74) is -0.308. The highest BCUT2D eigenvalue weighted by atomic mass is 19.1. The number of carbonyl (C=O) groups excluding carboxylic acids is 2.